The molecule has 4 nitrogen and oxygen atoms in total. The van der Waals surface area contributed by atoms with Crippen molar-refractivity contribution in [3.05, 3.63) is 119 Å². The number of fused-ring (bicyclic) bond motifs is 1. The van der Waals surface area contributed by atoms with Crippen molar-refractivity contribution in [3.8, 4) is 22.6 Å². The molecule has 0 unspecified atom stereocenters. The molecule has 0 spiro atoms. The fraction of sp³-hybridized carbons (Fsp3) is 0.100. The van der Waals surface area contributed by atoms with Gasteiger partial charge in [-0.2, -0.15) is 13.2 Å². The highest BCUT2D eigenvalue weighted by molar-refractivity contribution is 5.98. The second kappa shape index (κ2) is 9.85. The number of pyridine rings is 1. The molecule has 7 heteroatoms. The Bertz CT molecular complexity index is 1570. The first kappa shape index (κ1) is 24.2. The molecule has 1 aromatic heterocycles. The lowest BCUT2D eigenvalue weighted by molar-refractivity contribution is -0.136. The smallest absolute Gasteiger partial charge is 0.418 e. The molecule has 0 amide bonds. The van der Waals surface area contributed by atoms with E-state index in [1.807, 2.05) is 54.6 Å². The lowest BCUT2D eigenvalue weighted by Gasteiger charge is -2.17. The van der Waals surface area contributed by atoms with Crippen molar-refractivity contribution < 1.29 is 23.4 Å². The fourth-order valence-corrected chi connectivity index (χ4v) is 4.49. The summed E-state index contributed by atoms with van der Waals surface area (Å²) in [5.41, 5.74) is 3.61. The van der Waals surface area contributed by atoms with Gasteiger partial charge in [-0.05, 0) is 52.9 Å². The number of nitrogens with one attached hydrogen (secondary N) is 1. The van der Waals surface area contributed by atoms with E-state index in [1.54, 1.807) is 18.2 Å². The third-order valence-electron chi connectivity index (χ3n) is 6.25. The van der Waals surface area contributed by atoms with Crippen LogP contribution < -0.4 is 5.32 Å². The van der Waals surface area contributed by atoms with Gasteiger partial charge >= 0.3 is 6.18 Å². The minimum absolute atomic E-state index is 0.0927. The zero-order valence-electron chi connectivity index (χ0n) is 19.6. The molecule has 5 rings (SSSR count). The average Bonchev–Trinajstić information content (AvgIpc) is 2.89. The number of aromatic nitrogens is 1. The maximum atomic E-state index is 13.8. The predicted octanol–water partition coefficient (Wildman–Crippen LogP) is 7.53. The highest BCUT2D eigenvalue weighted by Crippen LogP contribution is 2.39. The summed E-state index contributed by atoms with van der Waals surface area (Å²) < 4.78 is 41.4. The molecule has 0 aliphatic rings. The van der Waals surface area contributed by atoms with E-state index >= 15 is 0 Å². The third-order valence-corrected chi connectivity index (χ3v) is 6.25. The van der Waals surface area contributed by atoms with Crippen LogP contribution >= 0.6 is 0 Å². The number of phenols is 2. The first-order valence-corrected chi connectivity index (χ1v) is 11.7. The van der Waals surface area contributed by atoms with Crippen molar-refractivity contribution in [2.24, 2.45) is 0 Å². The lowest BCUT2D eigenvalue weighted by Crippen LogP contribution is -2.07. The average molecular weight is 501 g/mol. The molecular weight excluding hydrogens is 477 g/mol. The van der Waals surface area contributed by atoms with Gasteiger partial charge < -0.3 is 15.5 Å². The minimum Gasteiger partial charge on any atom is -0.504 e. The SMILES string of the molecule is Oc1cccc(CNc2cccc(-c3c(Cc4ccccc4)cnc4c(C(F)(F)F)cccc34)c2)c1O. The molecule has 4 aromatic carbocycles. The number of halogens is 3. The quantitative estimate of drug-likeness (QED) is 0.211. The Labute approximate surface area is 211 Å². The molecule has 0 saturated heterocycles. The first-order valence-electron chi connectivity index (χ1n) is 11.7. The largest absolute Gasteiger partial charge is 0.504 e. The Kier molecular flexibility index (Phi) is 6.44. The molecule has 3 N–H and O–H groups in total. The number of benzene rings is 4. The molecular formula is C30H23F3N2O2. The monoisotopic (exact) mass is 500 g/mol. The molecule has 37 heavy (non-hydrogen) atoms. The molecule has 0 aliphatic carbocycles. The summed E-state index contributed by atoms with van der Waals surface area (Å²) >= 11 is 0. The minimum atomic E-state index is -4.53. The molecule has 186 valence electrons. The molecule has 0 saturated carbocycles. The van der Waals surface area contributed by atoms with Crippen molar-refractivity contribution >= 4 is 16.6 Å². The van der Waals surface area contributed by atoms with Gasteiger partial charge in [0.2, 0.25) is 0 Å². The number of para-hydroxylation sites is 2. The Morgan fingerprint density at radius 1 is 0.784 bits per heavy atom. The van der Waals surface area contributed by atoms with Gasteiger partial charge in [-0.15, -0.1) is 0 Å². The topological polar surface area (TPSA) is 65.4 Å². The maximum Gasteiger partial charge on any atom is 0.418 e. The number of rotatable bonds is 6. The number of nitrogens with zero attached hydrogens (tertiary/aromatic N) is 1. The number of alkyl halides is 3. The van der Waals surface area contributed by atoms with E-state index in [1.165, 1.54) is 18.3 Å². The Morgan fingerprint density at radius 2 is 1.54 bits per heavy atom. The Morgan fingerprint density at radius 3 is 2.32 bits per heavy atom. The van der Waals surface area contributed by atoms with Crippen molar-refractivity contribution in [2.75, 3.05) is 5.32 Å². The van der Waals surface area contributed by atoms with E-state index in [2.05, 4.69) is 10.3 Å². The van der Waals surface area contributed by atoms with Crippen LogP contribution in [0.1, 0.15) is 22.3 Å². The molecule has 5 aromatic rings. The van der Waals surface area contributed by atoms with Crippen LogP contribution in [0.4, 0.5) is 18.9 Å². The van der Waals surface area contributed by atoms with Gasteiger partial charge in [-0.1, -0.05) is 66.7 Å². The van der Waals surface area contributed by atoms with Gasteiger partial charge in [0.25, 0.3) is 0 Å². The summed E-state index contributed by atoms with van der Waals surface area (Å²) in [6.45, 7) is 0.246. The molecule has 0 bridgehead atoms. The number of hydrogen-bond acceptors (Lipinski definition) is 4. The van der Waals surface area contributed by atoms with Crippen LogP contribution in [-0.2, 0) is 19.1 Å². The second-order valence-electron chi connectivity index (χ2n) is 8.74. The summed E-state index contributed by atoms with van der Waals surface area (Å²) in [5.74, 6) is -0.404. The van der Waals surface area contributed by atoms with Crippen LogP contribution in [0, 0.1) is 0 Å². The van der Waals surface area contributed by atoms with Crippen LogP contribution in [0.5, 0.6) is 11.5 Å². The van der Waals surface area contributed by atoms with Crippen LogP contribution in [0.25, 0.3) is 22.0 Å². The zero-order valence-corrected chi connectivity index (χ0v) is 19.6. The summed E-state index contributed by atoms with van der Waals surface area (Å²) in [6.07, 6.45) is -2.49. The van der Waals surface area contributed by atoms with Gasteiger partial charge in [0, 0.05) is 29.4 Å². The molecule has 0 fully saturated rings. The van der Waals surface area contributed by atoms with Crippen LogP contribution in [-0.4, -0.2) is 15.2 Å². The highest BCUT2D eigenvalue weighted by Gasteiger charge is 2.33. The van der Waals surface area contributed by atoms with Crippen molar-refractivity contribution in [1.29, 1.82) is 0 Å². The normalized spacial score (nSPS) is 11.5. The van der Waals surface area contributed by atoms with Crippen molar-refractivity contribution in [3.63, 3.8) is 0 Å². The zero-order chi connectivity index (χ0) is 26.0. The van der Waals surface area contributed by atoms with Gasteiger partial charge in [0.15, 0.2) is 11.5 Å². The van der Waals surface area contributed by atoms with Crippen LogP contribution in [0.2, 0.25) is 0 Å². The maximum absolute atomic E-state index is 13.8. The summed E-state index contributed by atoms with van der Waals surface area (Å²) in [5, 5.41) is 23.5. The Balaban J connectivity index is 1.60. The van der Waals surface area contributed by atoms with Gasteiger partial charge in [-0.3, -0.25) is 4.98 Å². The van der Waals surface area contributed by atoms with E-state index in [9.17, 15) is 23.4 Å². The number of hydrogen-bond donors (Lipinski definition) is 3. The van der Waals surface area contributed by atoms with Crippen molar-refractivity contribution in [1.82, 2.24) is 4.98 Å². The van der Waals surface area contributed by atoms with E-state index < -0.39 is 11.7 Å². The summed E-state index contributed by atoms with van der Waals surface area (Å²) in [6, 6.07) is 26.0. The van der Waals surface area contributed by atoms with Gasteiger partial charge in [0.1, 0.15) is 0 Å². The first-order chi connectivity index (χ1) is 17.8. The lowest BCUT2D eigenvalue weighted by atomic mass is 9.91. The van der Waals surface area contributed by atoms with E-state index in [4.69, 9.17) is 0 Å². The molecule has 1 heterocycles. The van der Waals surface area contributed by atoms with E-state index in [0.29, 0.717) is 28.6 Å². The fourth-order valence-electron chi connectivity index (χ4n) is 4.49. The van der Waals surface area contributed by atoms with Crippen LogP contribution in [0.15, 0.2) is 97.2 Å². The molecule has 0 aliphatic heterocycles. The summed E-state index contributed by atoms with van der Waals surface area (Å²) in [4.78, 5) is 4.26. The van der Waals surface area contributed by atoms with E-state index in [-0.39, 0.29) is 23.6 Å². The highest BCUT2D eigenvalue weighted by atomic mass is 19.4. The summed E-state index contributed by atoms with van der Waals surface area (Å²) in [7, 11) is 0. The number of anilines is 1. The molecule has 0 atom stereocenters. The number of phenolic OH excluding ortho intramolecular Hbond substituents is 2. The second-order valence-corrected chi connectivity index (χ2v) is 8.74. The van der Waals surface area contributed by atoms with Gasteiger partial charge in [-0.25, -0.2) is 0 Å². The number of aromatic hydroxyl groups is 2. The Hall–Kier alpha value is -4.52. The standard InChI is InChI=1S/C30H23F3N2O2/c31-30(32,33)25-13-6-12-24-27(22(18-35-28(24)25)15-19-7-2-1-3-8-19)20-9-4-11-23(16-20)34-17-21-10-5-14-26(36)29(21)37/h1-14,16,18,34,36-37H,15,17H2. The van der Waals surface area contributed by atoms with Crippen LogP contribution in [0.3, 0.4) is 0 Å². The molecule has 0 radical (unpaired) electrons. The third kappa shape index (κ3) is 5.07. The van der Waals surface area contributed by atoms with Gasteiger partial charge in [0.05, 0.1) is 11.1 Å². The van der Waals surface area contributed by atoms with E-state index in [0.717, 1.165) is 22.8 Å². The van der Waals surface area contributed by atoms with Crippen molar-refractivity contribution in [2.45, 2.75) is 19.1 Å². The predicted molar refractivity (Wildman–Crippen MR) is 139 cm³/mol.